The van der Waals surface area contributed by atoms with Crippen molar-refractivity contribution in [3.63, 3.8) is 0 Å². The molecule has 1 fully saturated rings. The Morgan fingerprint density at radius 3 is 3.11 bits per heavy atom. The number of rotatable bonds is 2. The molecule has 1 saturated heterocycles. The lowest BCUT2D eigenvalue weighted by molar-refractivity contribution is 0.564. The number of aryl methyl sites for hydroxylation is 1. The molecule has 0 amide bonds. The average Bonchev–Trinajstić information content (AvgIpc) is 2.68. The fourth-order valence-electron chi connectivity index (χ4n) is 2.79. The topological polar surface area (TPSA) is 58.9 Å². The maximum atomic E-state index is 4.47. The molecule has 3 heterocycles. The summed E-state index contributed by atoms with van der Waals surface area (Å²) in [6.07, 6.45) is 7.06. The molecule has 0 bridgehead atoms. The lowest BCUT2D eigenvalue weighted by atomic mass is 10.1. The largest absolute Gasteiger partial charge is 0.356 e. The van der Waals surface area contributed by atoms with Crippen LogP contribution in [0.3, 0.4) is 0 Å². The first-order valence-corrected chi connectivity index (χ1v) is 6.83. The molecular weight excluding hydrogens is 240 g/mol. The molecule has 2 aromatic heterocycles. The smallest absolute Gasteiger partial charge is 0.163 e. The second-order valence-corrected chi connectivity index (χ2v) is 5.15. The van der Waals surface area contributed by atoms with Crippen LogP contribution in [0.1, 0.15) is 19.3 Å². The third kappa shape index (κ3) is 2.28. The van der Waals surface area contributed by atoms with Crippen molar-refractivity contribution in [2.75, 3.05) is 25.0 Å². The molecule has 1 unspecified atom stereocenters. The third-order valence-corrected chi connectivity index (χ3v) is 3.94. The highest BCUT2D eigenvalue weighted by Crippen LogP contribution is 2.25. The average molecular weight is 260 g/mol. The van der Waals surface area contributed by atoms with Gasteiger partial charge in [-0.3, -0.25) is 4.68 Å². The van der Waals surface area contributed by atoms with Crippen molar-refractivity contribution in [1.29, 1.82) is 0 Å². The fourth-order valence-corrected chi connectivity index (χ4v) is 2.79. The van der Waals surface area contributed by atoms with E-state index in [2.05, 4.69) is 32.3 Å². The first-order chi connectivity index (χ1) is 9.27. The van der Waals surface area contributed by atoms with Crippen LogP contribution in [-0.4, -0.2) is 45.9 Å². The molecule has 0 aromatic carbocycles. The summed E-state index contributed by atoms with van der Waals surface area (Å²) in [7, 11) is 4.04. The van der Waals surface area contributed by atoms with Crippen LogP contribution in [0, 0.1) is 0 Å². The van der Waals surface area contributed by atoms with Crippen molar-refractivity contribution in [3.8, 4) is 0 Å². The van der Waals surface area contributed by atoms with Crippen LogP contribution < -0.4 is 10.2 Å². The number of hydrogen-bond acceptors (Lipinski definition) is 5. The molecule has 19 heavy (non-hydrogen) atoms. The molecule has 6 heteroatoms. The van der Waals surface area contributed by atoms with Gasteiger partial charge < -0.3 is 10.2 Å². The van der Waals surface area contributed by atoms with E-state index < -0.39 is 0 Å². The van der Waals surface area contributed by atoms with Crippen molar-refractivity contribution < 1.29 is 0 Å². The molecular formula is C13H20N6. The number of anilines is 1. The Balaban J connectivity index is 1.94. The van der Waals surface area contributed by atoms with Gasteiger partial charge in [0.1, 0.15) is 12.1 Å². The van der Waals surface area contributed by atoms with E-state index in [0.717, 1.165) is 36.4 Å². The summed E-state index contributed by atoms with van der Waals surface area (Å²) >= 11 is 0. The highest BCUT2D eigenvalue weighted by atomic mass is 15.3. The van der Waals surface area contributed by atoms with Gasteiger partial charge in [0, 0.05) is 20.1 Å². The number of nitrogens with zero attached hydrogens (tertiary/aromatic N) is 5. The first-order valence-electron chi connectivity index (χ1n) is 6.83. The Bertz CT molecular complexity index is 555. The minimum atomic E-state index is 0.535. The predicted octanol–water partition coefficient (Wildman–Crippen LogP) is 0.942. The number of aromatic nitrogens is 4. The van der Waals surface area contributed by atoms with Gasteiger partial charge in [-0.2, -0.15) is 5.10 Å². The quantitative estimate of drug-likeness (QED) is 0.871. The van der Waals surface area contributed by atoms with Gasteiger partial charge in [-0.05, 0) is 32.4 Å². The minimum absolute atomic E-state index is 0.535. The summed E-state index contributed by atoms with van der Waals surface area (Å²) in [5.74, 6) is 0.991. The molecule has 1 atom stereocenters. The van der Waals surface area contributed by atoms with Crippen LogP contribution in [-0.2, 0) is 7.05 Å². The van der Waals surface area contributed by atoms with Crippen LogP contribution in [0.5, 0.6) is 0 Å². The number of nitrogens with one attached hydrogen (secondary N) is 1. The minimum Gasteiger partial charge on any atom is -0.356 e. The maximum absolute atomic E-state index is 4.47. The Kier molecular flexibility index (Phi) is 3.33. The van der Waals surface area contributed by atoms with E-state index in [9.17, 15) is 0 Å². The standard InChI is InChI=1S/C13H20N6/c1-18(10-4-3-6-14-7-5-10)12-11-8-17-19(2)13(11)16-9-15-12/h8-10,14H,3-7H2,1-2H3. The molecule has 2 aromatic rings. The van der Waals surface area contributed by atoms with Gasteiger partial charge in [0.15, 0.2) is 5.65 Å². The Morgan fingerprint density at radius 2 is 2.21 bits per heavy atom. The molecule has 3 rings (SSSR count). The van der Waals surface area contributed by atoms with Gasteiger partial charge in [0.25, 0.3) is 0 Å². The van der Waals surface area contributed by atoms with Crippen LogP contribution in [0.15, 0.2) is 12.5 Å². The summed E-state index contributed by atoms with van der Waals surface area (Å²) in [5.41, 5.74) is 0.892. The van der Waals surface area contributed by atoms with Crippen LogP contribution in [0.4, 0.5) is 5.82 Å². The Morgan fingerprint density at radius 1 is 1.32 bits per heavy atom. The molecule has 6 nitrogen and oxygen atoms in total. The molecule has 0 radical (unpaired) electrons. The number of fused-ring (bicyclic) bond motifs is 1. The zero-order chi connectivity index (χ0) is 13.2. The van der Waals surface area contributed by atoms with Crippen molar-refractivity contribution in [3.05, 3.63) is 12.5 Å². The van der Waals surface area contributed by atoms with E-state index >= 15 is 0 Å². The highest BCUT2D eigenvalue weighted by molar-refractivity contribution is 5.86. The van der Waals surface area contributed by atoms with Crippen LogP contribution >= 0.6 is 0 Å². The lowest BCUT2D eigenvalue weighted by Crippen LogP contribution is -2.33. The fraction of sp³-hybridized carbons (Fsp3) is 0.615. The SMILES string of the molecule is CN(c1ncnc2c1cnn2C)C1CCCNCC1. The van der Waals surface area contributed by atoms with Gasteiger partial charge in [-0.25, -0.2) is 9.97 Å². The zero-order valence-corrected chi connectivity index (χ0v) is 11.5. The van der Waals surface area contributed by atoms with Crippen molar-refractivity contribution >= 4 is 16.9 Å². The normalized spacial score (nSPS) is 20.4. The Hall–Kier alpha value is -1.69. The van der Waals surface area contributed by atoms with E-state index in [-0.39, 0.29) is 0 Å². The zero-order valence-electron chi connectivity index (χ0n) is 11.5. The molecule has 0 aliphatic carbocycles. The third-order valence-electron chi connectivity index (χ3n) is 3.94. The van der Waals surface area contributed by atoms with Gasteiger partial charge in [-0.15, -0.1) is 0 Å². The first kappa shape index (κ1) is 12.3. The van der Waals surface area contributed by atoms with E-state index in [0.29, 0.717) is 6.04 Å². The molecule has 1 N–H and O–H groups in total. The highest BCUT2D eigenvalue weighted by Gasteiger charge is 2.20. The van der Waals surface area contributed by atoms with Crippen molar-refractivity contribution in [1.82, 2.24) is 25.1 Å². The van der Waals surface area contributed by atoms with E-state index in [1.165, 1.54) is 12.8 Å². The maximum Gasteiger partial charge on any atom is 0.163 e. The molecule has 1 aliphatic rings. The monoisotopic (exact) mass is 260 g/mol. The molecule has 0 saturated carbocycles. The summed E-state index contributed by atoms with van der Waals surface area (Å²) in [6, 6.07) is 0.535. The predicted molar refractivity (Wildman–Crippen MR) is 75.2 cm³/mol. The van der Waals surface area contributed by atoms with Gasteiger partial charge in [0.2, 0.25) is 0 Å². The summed E-state index contributed by atoms with van der Waals surface area (Å²) in [6.45, 7) is 2.20. The van der Waals surface area contributed by atoms with Gasteiger partial charge >= 0.3 is 0 Å². The second kappa shape index (κ2) is 5.13. The lowest BCUT2D eigenvalue weighted by Gasteiger charge is -2.28. The van der Waals surface area contributed by atoms with Gasteiger partial charge in [-0.1, -0.05) is 0 Å². The molecule has 102 valence electrons. The summed E-state index contributed by atoms with van der Waals surface area (Å²) in [4.78, 5) is 11.1. The molecule has 1 aliphatic heterocycles. The van der Waals surface area contributed by atoms with Crippen LogP contribution in [0.2, 0.25) is 0 Å². The van der Waals surface area contributed by atoms with Gasteiger partial charge in [0.05, 0.1) is 11.6 Å². The summed E-state index contributed by atoms with van der Waals surface area (Å²) in [5, 5.41) is 8.76. The van der Waals surface area contributed by atoms with Crippen LogP contribution in [0.25, 0.3) is 11.0 Å². The number of hydrogen-bond donors (Lipinski definition) is 1. The van der Waals surface area contributed by atoms with E-state index in [1.807, 2.05) is 13.2 Å². The second-order valence-electron chi connectivity index (χ2n) is 5.15. The van der Waals surface area contributed by atoms with E-state index in [4.69, 9.17) is 0 Å². The summed E-state index contributed by atoms with van der Waals surface area (Å²) < 4.78 is 1.79. The van der Waals surface area contributed by atoms with Crippen molar-refractivity contribution in [2.24, 2.45) is 7.05 Å². The molecule has 0 spiro atoms. The van der Waals surface area contributed by atoms with Crippen molar-refractivity contribution in [2.45, 2.75) is 25.3 Å². The Labute approximate surface area is 112 Å². The van der Waals surface area contributed by atoms with E-state index in [1.54, 1.807) is 11.0 Å².